The number of aryl methyl sites for hydroxylation is 1. The van der Waals surface area contributed by atoms with E-state index >= 15 is 0 Å². The number of nitriles is 1. The molecular formula is C22H21Cl2N3O3. The molecule has 1 fully saturated rings. The van der Waals surface area contributed by atoms with Gasteiger partial charge in [-0.2, -0.15) is 5.26 Å². The van der Waals surface area contributed by atoms with E-state index in [2.05, 4.69) is 5.32 Å². The van der Waals surface area contributed by atoms with Gasteiger partial charge in [0.15, 0.2) is 6.10 Å². The molecular weight excluding hydrogens is 425 g/mol. The van der Waals surface area contributed by atoms with Gasteiger partial charge in [-0.05, 0) is 63.5 Å². The van der Waals surface area contributed by atoms with Crippen LogP contribution < -0.4 is 5.32 Å². The van der Waals surface area contributed by atoms with E-state index in [0.29, 0.717) is 21.3 Å². The zero-order valence-electron chi connectivity index (χ0n) is 16.8. The topological polar surface area (TPSA) is 84.1 Å². The first-order chi connectivity index (χ1) is 14.2. The molecule has 1 unspecified atom stereocenters. The number of amides is 1. The van der Waals surface area contributed by atoms with Crippen molar-refractivity contribution in [2.24, 2.45) is 0 Å². The fourth-order valence-corrected chi connectivity index (χ4v) is 3.47. The first-order valence-corrected chi connectivity index (χ1v) is 10.2. The van der Waals surface area contributed by atoms with Crippen LogP contribution in [0.4, 0.5) is 0 Å². The minimum atomic E-state index is -0.979. The van der Waals surface area contributed by atoms with E-state index in [-0.39, 0.29) is 17.5 Å². The van der Waals surface area contributed by atoms with Gasteiger partial charge in [0.1, 0.15) is 11.6 Å². The van der Waals surface area contributed by atoms with Crippen LogP contribution in [0.2, 0.25) is 10.0 Å². The molecule has 6 nitrogen and oxygen atoms in total. The molecule has 3 rings (SSSR count). The summed E-state index contributed by atoms with van der Waals surface area (Å²) in [6, 6.07) is 9.19. The van der Waals surface area contributed by atoms with Crippen LogP contribution in [-0.4, -0.2) is 28.6 Å². The number of hydrogen-bond acceptors (Lipinski definition) is 4. The number of nitrogens with one attached hydrogen (secondary N) is 1. The first kappa shape index (κ1) is 21.9. The van der Waals surface area contributed by atoms with E-state index in [1.54, 1.807) is 12.1 Å². The molecule has 30 heavy (non-hydrogen) atoms. The lowest BCUT2D eigenvalue weighted by atomic mass is 10.1. The number of carbonyl (C=O) groups excluding carboxylic acids is 2. The van der Waals surface area contributed by atoms with Crippen LogP contribution in [0, 0.1) is 25.2 Å². The number of aromatic nitrogens is 1. The lowest BCUT2D eigenvalue weighted by Gasteiger charge is -2.13. The maximum absolute atomic E-state index is 12.4. The molecule has 8 heteroatoms. The van der Waals surface area contributed by atoms with Crippen LogP contribution in [0.5, 0.6) is 0 Å². The highest BCUT2D eigenvalue weighted by atomic mass is 35.5. The van der Waals surface area contributed by atoms with Gasteiger partial charge in [-0.3, -0.25) is 4.79 Å². The van der Waals surface area contributed by atoms with Crippen LogP contribution >= 0.6 is 23.2 Å². The number of rotatable bonds is 6. The maximum Gasteiger partial charge on any atom is 0.349 e. The zero-order valence-corrected chi connectivity index (χ0v) is 18.3. The SMILES string of the molecule is Cc1cc(/C=C(\C#N)C(=O)OC(C)C(=O)NC2CC2)c(C)n1-c1cccc(Cl)c1Cl. The Labute approximate surface area is 185 Å². The summed E-state index contributed by atoms with van der Waals surface area (Å²) < 4.78 is 7.07. The van der Waals surface area contributed by atoms with Gasteiger partial charge in [0.05, 0.1) is 15.7 Å². The van der Waals surface area contributed by atoms with Gasteiger partial charge in [-0.15, -0.1) is 0 Å². The minimum Gasteiger partial charge on any atom is -0.448 e. The van der Waals surface area contributed by atoms with Crippen molar-refractivity contribution >= 4 is 41.2 Å². The summed E-state index contributed by atoms with van der Waals surface area (Å²) in [5, 5.41) is 13.1. The monoisotopic (exact) mass is 445 g/mol. The van der Waals surface area contributed by atoms with Gasteiger partial charge in [-0.25, -0.2) is 4.79 Å². The number of carbonyl (C=O) groups is 2. The quantitative estimate of drug-likeness (QED) is 0.402. The predicted octanol–water partition coefficient (Wildman–Crippen LogP) is 4.52. The van der Waals surface area contributed by atoms with Crippen LogP contribution in [0.1, 0.15) is 36.7 Å². The van der Waals surface area contributed by atoms with Crippen molar-refractivity contribution in [1.82, 2.24) is 9.88 Å². The maximum atomic E-state index is 12.4. The standard InChI is InChI=1S/C22H21Cl2N3O3/c1-12-9-15(13(2)27(12)19-6-4-5-18(23)20(19)24)10-16(11-25)22(29)30-14(3)21(28)26-17-7-8-17/h4-6,9-10,14,17H,7-8H2,1-3H3,(H,26,28)/b16-10+. The van der Waals surface area contributed by atoms with Crippen LogP contribution in [0.3, 0.4) is 0 Å². The summed E-state index contributed by atoms with van der Waals surface area (Å²) in [7, 11) is 0. The Morgan fingerprint density at radius 1 is 1.33 bits per heavy atom. The highest BCUT2D eigenvalue weighted by Crippen LogP contribution is 2.32. The molecule has 1 aromatic carbocycles. The van der Waals surface area contributed by atoms with Gasteiger partial charge < -0.3 is 14.6 Å². The number of halogens is 2. The number of hydrogen-bond donors (Lipinski definition) is 1. The van der Waals surface area contributed by atoms with Crippen molar-refractivity contribution in [3.05, 3.63) is 56.8 Å². The molecule has 1 atom stereocenters. The minimum absolute atomic E-state index is 0.160. The van der Waals surface area contributed by atoms with Crippen molar-refractivity contribution < 1.29 is 14.3 Å². The van der Waals surface area contributed by atoms with E-state index in [1.165, 1.54) is 13.0 Å². The first-order valence-electron chi connectivity index (χ1n) is 9.49. The summed E-state index contributed by atoms with van der Waals surface area (Å²) in [5.41, 5.74) is 2.79. The fourth-order valence-electron chi connectivity index (χ4n) is 3.09. The smallest absolute Gasteiger partial charge is 0.349 e. The molecule has 0 radical (unpaired) electrons. The molecule has 1 aliphatic carbocycles. The highest BCUT2D eigenvalue weighted by Gasteiger charge is 2.28. The van der Waals surface area contributed by atoms with Gasteiger partial charge in [0.25, 0.3) is 5.91 Å². The van der Waals surface area contributed by atoms with Crippen molar-refractivity contribution in [1.29, 1.82) is 5.26 Å². The molecule has 1 N–H and O–H groups in total. The van der Waals surface area contributed by atoms with Gasteiger partial charge in [-0.1, -0.05) is 29.3 Å². The van der Waals surface area contributed by atoms with Crippen molar-refractivity contribution in [2.45, 2.75) is 45.8 Å². The van der Waals surface area contributed by atoms with E-state index in [4.69, 9.17) is 27.9 Å². The predicted molar refractivity (Wildman–Crippen MR) is 116 cm³/mol. The second-order valence-electron chi connectivity index (χ2n) is 7.24. The van der Waals surface area contributed by atoms with Gasteiger partial charge >= 0.3 is 5.97 Å². The molecule has 1 amide bonds. The summed E-state index contributed by atoms with van der Waals surface area (Å²) in [4.78, 5) is 24.4. The van der Waals surface area contributed by atoms with Gasteiger partial charge in [0.2, 0.25) is 0 Å². The van der Waals surface area contributed by atoms with Crippen LogP contribution in [-0.2, 0) is 14.3 Å². The van der Waals surface area contributed by atoms with Gasteiger partial charge in [0, 0.05) is 17.4 Å². The number of esters is 1. The molecule has 0 aliphatic heterocycles. The summed E-state index contributed by atoms with van der Waals surface area (Å²) in [6.07, 6.45) is 2.34. The lowest BCUT2D eigenvalue weighted by molar-refractivity contribution is -0.150. The Morgan fingerprint density at radius 3 is 2.67 bits per heavy atom. The van der Waals surface area contributed by atoms with E-state index < -0.39 is 12.1 Å². The van der Waals surface area contributed by atoms with Crippen molar-refractivity contribution in [3.63, 3.8) is 0 Å². The van der Waals surface area contributed by atoms with E-state index in [0.717, 1.165) is 24.2 Å². The third-order valence-corrected chi connectivity index (χ3v) is 5.67. The Bertz CT molecular complexity index is 1080. The largest absolute Gasteiger partial charge is 0.448 e. The summed E-state index contributed by atoms with van der Waals surface area (Å²) in [6.45, 7) is 5.22. The van der Waals surface area contributed by atoms with Crippen LogP contribution in [0.25, 0.3) is 11.8 Å². The van der Waals surface area contributed by atoms with Crippen molar-refractivity contribution in [3.8, 4) is 11.8 Å². The number of nitrogens with zero attached hydrogens (tertiary/aromatic N) is 2. The summed E-state index contributed by atoms with van der Waals surface area (Å²) >= 11 is 12.5. The molecule has 156 valence electrons. The lowest BCUT2D eigenvalue weighted by Crippen LogP contribution is -2.37. The number of ether oxygens (including phenoxy) is 1. The normalized spacial score (nSPS) is 14.7. The molecule has 0 bridgehead atoms. The Hall–Kier alpha value is -2.75. The highest BCUT2D eigenvalue weighted by molar-refractivity contribution is 6.43. The average molecular weight is 446 g/mol. The Kier molecular flexibility index (Phi) is 6.55. The average Bonchev–Trinajstić information content (AvgIpc) is 3.47. The summed E-state index contributed by atoms with van der Waals surface area (Å²) in [5.74, 6) is -1.21. The Balaban J connectivity index is 1.85. The van der Waals surface area contributed by atoms with Crippen molar-refractivity contribution in [2.75, 3.05) is 0 Å². The number of benzene rings is 1. The second kappa shape index (κ2) is 8.95. The second-order valence-corrected chi connectivity index (χ2v) is 8.02. The Morgan fingerprint density at radius 2 is 2.03 bits per heavy atom. The van der Waals surface area contributed by atoms with Crippen LogP contribution in [0.15, 0.2) is 29.8 Å². The molecule has 1 aromatic heterocycles. The third kappa shape index (κ3) is 4.69. The molecule has 1 aliphatic rings. The molecule has 0 spiro atoms. The third-order valence-electron chi connectivity index (χ3n) is 4.86. The zero-order chi connectivity index (χ0) is 22.0. The molecule has 1 heterocycles. The van der Waals surface area contributed by atoms with E-state index in [9.17, 15) is 14.9 Å². The molecule has 2 aromatic rings. The molecule has 1 saturated carbocycles. The fraction of sp³-hybridized carbons (Fsp3) is 0.318. The van der Waals surface area contributed by atoms with E-state index in [1.807, 2.05) is 36.6 Å². The molecule has 0 saturated heterocycles.